The van der Waals surface area contributed by atoms with Crippen LogP contribution in [-0.4, -0.2) is 28.6 Å². The summed E-state index contributed by atoms with van der Waals surface area (Å²) >= 11 is 0. The molecule has 5 nitrogen and oxygen atoms in total. The monoisotopic (exact) mass is 343 g/mol. The molecule has 0 fully saturated rings. The van der Waals surface area contributed by atoms with Crippen LogP contribution >= 0.6 is 0 Å². The lowest BCUT2D eigenvalue weighted by Gasteiger charge is -2.11. The van der Waals surface area contributed by atoms with Crippen LogP contribution in [0.3, 0.4) is 0 Å². The summed E-state index contributed by atoms with van der Waals surface area (Å²) in [5, 5.41) is 8.66. The largest absolute Gasteiger partial charge is 0.481 e. The molecule has 1 aromatic heterocycles. The number of aromatic nitrogens is 1. The Kier molecular flexibility index (Phi) is 4.86. The van der Waals surface area contributed by atoms with Gasteiger partial charge in [0.05, 0.1) is 12.2 Å². The topological polar surface area (TPSA) is 79.4 Å². The van der Waals surface area contributed by atoms with Crippen molar-refractivity contribution in [2.75, 3.05) is 6.61 Å². The van der Waals surface area contributed by atoms with Crippen molar-refractivity contribution in [2.45, 2.75) is 32.9 Å². The van der Waals surface area contributed by atoms with E-state index in [4.69, 9.17) is 9.84 Å². The van der Waals surface area contributed by atoms with Crippen LogP contribution in [0.25, 0.3) is 10.9 Å². The van der Waals surface area contributed by atoms with Crippen LogP contribution in [0.5, 0.6) is 0 Å². The van der Waals surface area contributed by atoms with Gasteiger partial charge in [0.2, 0.25) is 0 Å². The van der Waals surface area contributed by atoms with Gasteiger partial charge in [-0.1, -0.05) is 0 Å². The minimum atomic E-state index is -4.63. The van der Waals surface area contributed by atoms with E-state index in [2.05, 4.69) is 4.98 Å². The number of aliphatic carboxylic acids is 1. The highest BCUT2D eigenvalue weighted by molar-refractivity contribution is 6.00. The molecule has 0 spiro atoms. The molecule has 1 heterocycles. The van der Waals surface area contributed by atoms with E-state index in [0.29, 0.717) is 5.56 Å². The third-order valence-electron chi connectivity index (χ3n) is 3.52. The smallest absolute Gasteiger partial charge is 0.417 e. The zero-order valence-electron chi connectivity index (χ0n) is 13.1. The molecular weight excluding hydrogens is 327 g/mol. The van der Waals surface area contributed by atoms with Gasteiger partial charge in [0.1, 0.15) is 5.69 Å². The average Bonchev–Trinajstić information content (AvgIpc) is 2.81. The summed E-state index contributed by atoms with van der Waals surface area (Å²) in [4.78, 5) is 25.5. The maximum atomic E-state index is 13.4. The van der Waals surface area contributed by atoms with E-state index in [9.17, 15) is 22.8 Å². The second-order valence-corrected chi connectivity index (χ2v) is 5.33. The number of hydrogen-bond acceptors (Lipinski definition) is 3. The molecule has 0 amide bonds. The standard InChI is InChI=1S/C16H16F3NO4/c1-3-24-15(23)14-9(4-5-12(21)22)13-10(16(17,18)19)6-8(2)7-11(13)20-14/h6-7,20H,3-5H2,1-2H3,(H,21,22). The number of H-pyrrole nitrogens is 1. The van der Waals surface area contributed by atoms with Crippen LogP contribution in [0, 0.1) is 6.92 Å². The van der Waals surface area contributed by atoms with Gasteiger partial charge in [-0.25, -0.2) is 4.79 Å². The van der Waals surface area contributed by atoms with Crippen LogP contribution in [0.15, 0.2) is 12.1 Å². The summed E-state index contributed by atoms with van der Waals surface area (Å²) in [6.07, 6.45) is -5.24. The maximum absolute atomic E-state index is 13.4. The van der Waals surface area contributed by atoms with Crippen molar-refractivity contribution in [3.63, 3.8) is 0 Å². The summed E-state index contributed by atoms with van der Waals surface area (Å²) in [6, 6.07) is 2.47. The van der Waals surface area contributed by atoms with Crippen molar-refractivity contribution in [3.05, 3.63) is 34.5 Å². The first-order valence-electron chi connectivity index (χ1n) is 7.26. The van der Waals surface area contributed by atoms with Crippen molar-refractivity contribution >= 4 is 22.8 Å². The maximum Gasteiger partial charge on any atom is 0.417 e. The number of fused-ring (bicyclic) bond motifs is 1. The van der Waals surface area contributed by atoms with Crippen molar-refractivity contribution in [1.82, 2.24) is 4.98 Å². The first kappa shape index (κ1) is 17.8. The number of carboxylic acids is 1. The second-order valence-electron chi connectivity index (χ2n) is 5.33. The molecule has 0 unspecified atom stereocenters. The molecule has 24 heavy (non-hydrogen) atoms. The van der Waals surface area contributed by atoms with Gasteiger partial charge < -0.3 is 14.8 Å². The number of ether oxygens (including phenoxy) is 1. The zero-order valence-corrected chi connectivity index (χ0v) is 13.1. The molecule has 0 saturated heterocycles. The van der Waals surface area contributed by atoms with E-state index >= 15 is 0 Å². The number of hydrogen-bond donors (Lipinski definition) is 2. The molecule has 0 aliphatic rings. The Morgan fingerprint density at radius 2 is 1.96 bits per heavy atom. The van der Waals surface area contributed by atoms with E-state index in [1.807, 2.05) is 0 Å². The minimum Gasteiger partial charge on any atom is -0.481 e. The minimum absolute atomic E-state index is 0.0122. The molecule has 2 rings (SSSR count). The lowest BCUT2D eigenvalue weighted by atomic mass is 9.99. The fraction of sp³-hybridized carbons (Fsp3) is 0.375. The number of rotatable bonds is 5. The highest BCUT2D eigenvalue weighted by Gasteiger charge is 2.35. The summed E-state index contributed by atoms with van der Waals surface area (Å²) in [5.41, 5.74) is -0.519. The van der Waals surface area contributed by atoms with Gasteiger partial charge in [-0.2, -0.15) is 13.2 Å². The predicted molar refractivity (Wildman–Crippen MR) is 80.0 cm³/mol. The number of aryl methyl sites for hydroxylation is 2. The van der Waals surface area contributed by atoms with Gasteiger partial charge in [-0.05, 0) is 43.5 Å². The molecule has 0 radical (unpaired) electrons. The summed E-state index contributed by atoms with van der Waals surface area (Å²) in [7, 11) is 0. The number of aromatic amines is 1. The molecule has 0 atom stereocenters. The van der Waals surface area contributed by atoms with Gasteiger partial charge in [-0.3, -0.25) is 4.79 Å². The Bertz CT molecular complexity index is 793. The van der Waals surface area contributed by atoms with Gasteiger partial charge in [0.25, 0.3) is 0 Å². The van der Waals surface area contributed by atoms with Crippen LogP contribution in [0.1, 0.15) is 40.5 Å². The van der Waals surface area contributed by atoms with Crippen LogP contribution in [0.2, 0.25) is 0 Å². The number of carbonyl (C=O) groups is 2. The van der Waals surface area contributed by atoms with Crippen LogP contribution in [-0.2, 0) is 22.1 Å². The fourth-order valence-corrected chi connectivity index (χ4v) is 2.63. The van der Waals surface area contributed by atoms with Gasteiger partial charge in [-0.15, -0.1) is 0 Å². The Morgan fingerprint density at radius 1 is 1.29 bits per heavy atom. The SMILES string of the molecule is CCOC(=O)c1[nH]c2cc(C)cc(C(F)(F)F)c2c1CCC(=O)O. The van der Waals surface area contributed by atoms with Crippen LogP contribution < -0.4 is 0 Å². The molecular formula is C16H16F3NO4. The van der Waals surface area contributed by atoms with Crippen molar-refractivity contribution in [1.29, 1.82) is 0 Å². The average molecular weight is 343 g/mol. The van der Waals surface area contributed by atoms with E-state index in [1.54, 1.807) is 6.92 Å². The lowest BCUT2D eigenvalue weighted by molar-refractivity contribution is -0.137. The summed E-state index contributed by atoms with van der Waals surface area (Å²) in [6.45, 7) is 3.14. The van der Waals surface area contributed by atoms with Gasteiger partial charge >= 0.3 is 18.1 Å². The number of carbonyl (C=O) groups excluding carboxylic acids is 1. The zero-order chi connectivity index (χ0) is 18.1. The number of nitrogens with one attached hydrogen (secondary N) is 1. The lowest BCUT2D eigenvalue weighted by Crippen LogP contribution is -2.10. The first-order chi connectivity index (χ1) is 11.1. The number of esters is 1. The molecule has 2 N–H and O–H groups in total. The summed E-state index contributed by atoms with van der Waals surface area (Å²) in [5.74, 6) is -1.97. The molecule has 0 bridgehead atoms. The Labute approximate surface area is 135 Å². The molecule has 0 saturated carbocycles. The van der Waals surface area contributed by atoms with E-state index in [0.717, 1.165) is 6.07 Å². The second kappa shape index (κ2) is 6.54. The first-order valence-corrected chi connectivity index (χ1v) is 7.26. The number of benzene rings is 1. The highest BCUT2D eigenvalue weighted by atomic mass is 19.4. The number of halogens is 3. The van der Waals surface area contributed by atoms with Gasteiger partial charge in [0, 0.05) is 17.3 Å². The van der Waals surface area contributed by atoms with Gasteiger partial charge in [0.15, 0.2) is 0 Å². The Morgan fingerprint density at radius 3 is 2.50 bits per heavy atom. The number of carboxylic acid groups (broad SMARTS) is 1. The number of alkyl halides is 3. The molecule has 1 aromatic carbocycles. The third-order valence-corrected chi connectivity index (χ3v) is 3.52. The normalized spacial score (nSPS) is 11.7. The molecule has 8 heteroatoms. The summed E-state index contributed by atoms with van der Waals surface area (Å²) < 4.78 is 45.0. The third kappa shape index (κ3) is 3.52. The Balaban J connectivity index is 2.75. The van der Waals surface area contributed by atoms with Crippen molar-refractivity contribution < 1.29 is 32.6 Å². The molecule has 2 aromatic rings. The van der Waals surface area contributed by atoms with Crippen molar-refractivity contribution in [3.8, 4) is 0 Å². The van der Waals surface area contributed by atoms with Crippen LogP contribution in [0.4, 0.5) is 13.2 Å². The molecule has 130 valence electrons. The Hall–Kier alpha value is -2.51. The van der Waals surface area contributed by atoms with Crippen molar-refractivity contribution in [2.24, 2.45) is 0 Å². The van der Waals surface area contributed by atoms with E-state index in [1.165, 1.54) is 13.0 Å². The fourth-order valence-electron chi connectivity index (χ4n) is 2.63. The van der Waals surface area contributed by atoms with E-state index < -0.39 is 30.1 Å². The quantitative estimate of drug-likeness (QED) is 0.812. The molecule has 0 aliphatic heterocycles. The highest BCUT2D eigenvalue weighted by Crippen LogP contribution is 2.39. The predicted octanol–water partition coefficient (Wildman–Crippen LogP) is 3.69. The van der Waals surface area contributed by atoms with E-state index in [-0.39, 0.29) is 35.2 Å². The molecule has 0 aliphatic carbocycles.